The Morgan fingerprint density at radius 3 is 2.11 bits per heavy atom. The lowest BCUT2D eigenvalue weighted by atomic mass is 9.81. The van der Waals surface area contributed by atoms with Gasteiger partial charge in [0.1, 0.15) is 12.0 Å². The number of carbonyl (C=O) groups excluding carboxylic acids is 3. The largest absolute Gasteiger partial charge is 0.379 e. The zero-order chi connectivity index (χ0) is 50.7. The Labute approximate surface area is 426 Å². The molecule has 0 spiro atoms. The topological polar surface area (TPSA) is 224 Å². The predicted molar refractivity (Wildman–Crippen MR) is 278 cm³/mol. The third-order valence-electron chi connectivity index (χ3n) is 12.9. The Bertz CT molecular complexity index is 2370. The molecule has 390 valence electrons. The number of anilines is 5. The van der Waals surface area contributed by atoms with Crippen molar-refractivity contribution < 1.29 is 43.2 Å². The van der Waals surface area contributed by atoms with Crippen molar-refractivity contribution in [3.05, 3.63) is 81.8 Å². The van der Waals surface area contributed by atoms with E-state index >= 15 is 0 Å². The number of fused-ring (bicyclic) bond motifs is 1. The second-order valence-electron chi connectivity index (χ2n) is 18.5. The molecule has 20 heteroatoms. The van der Waals surface area contributed by atoms with Gasteiger partial charge in [0.15, 0.2) is 10.9 Å². The first-order chi connectivity index (χ1) is 35.0. The number of aliphatic hydroxyl groups is 1. The number of nitrogens with zero attached hydrogens (tertiary/aromatic N) is 6. The molecule has 19 nitrogen and oxygen atoms in total. The molecule has 4 aromatic rings. The van der Waals surface area contributed by atoms with Crippen molar-refractivity contribution in [2.75, 3.05) is 126 Å². The number of aliphatic hydroxyl groups excluding tert-OH is 1. The van der Waals surface area contributed by atoms with E-state index in [1.54, 1.807) is 24.3 Å². The first kappa shape index (κ1) is 54.3. The number of amides is 2. The number of piperazine rings is 1. The SMILES string of the molecule is Cc1nc(NC(=O)c2ccccc2NC(O)CCOCCOCCOCCOCCOCCNC(=O)CN2CCN(c3ccc(Nc4ncc5c(n4)C(C4CCCC4)C(C(=O)C(C)C)=C5)nc3)CC2)sc1C. The molecule has 2 amide bonds. The van der Waals surface area contributed by atoms with Crippen molar-refractivity contribution in [1.82, 2.24) is 30.2 Å². The van der Waals surface area contributed by atoms with Gasteiger partial charge in [-0.3, -0.25) is 24.6 Å². The van der Waals surface area contributed by atoms with E-state index in [0.29, 0.717) is 120 Å². The fourth-order valence-corrected chi connectivity index (χ4v) is 9.74. The van der Waals surface area contributed by atoms with Crippen LogP contribution in [-0.2, 0) is 33.3 Å². The molecule has 0 bridgehead atoms. The number of nitrogens with one attached hydrogen (secondary N) is 4. The lowest BCUT2D eigenvalue weighted by Crippen LogP contribution is -2.49. The summed E-state index contributed by atoms with van der Waals surface area (Å²) in [7, 11) is 0. The molecule has 2 aliphatic carbocycles. The fourth-order valence-electron chi connectivity index (χ4n) is 8.93. The van der Waals surface area contributed by atoms with Crippen LogP contribution < -0.4 is 26.2 Å². The number of allylic oxidation sites excluding steroid dienone is 1. The van der Waals surface area contributed by atoms with Crippen molar-refractivity contribution in [3.8, 4) is 0 Å². The number of hydrogen-bond donors (Lipinski definition) is 5. The minimum Gasteiger partial charge on any atom is -0.379 e. The minimum atomic E-state index is -0.905. The highest BCUT2D eigenvalue weighted by Gasteiger charge is 2.39. The number of benzene rings is 1. The lowest BCUT2D eigenvalue weighted by Gasteiger charge is -2.35. The van der Waals surface area contributed by atoms with E-state index < -0.39 is 6.23 Å². The molecule has 3 aliphatic rings. The number of thiazole rings is 1. The van der Waals surface area contributed by atoms with Crippen LogP contribution >= 0.6 is 11.3 Å². The van der Waals surface area contributed by atoms with Crippen LogP contribution in [0.15, 0.2) is 54.4 Å². The molecule has 1 aromatic carbocycles. The Morgan fingerprint density at radius 2 is 1.47 bits per heavy atom. The summed E-state index contributed by atoms with van der Waals surface area (Å²) in [5.74, 6) is 1.41. The van der Waals surface area contributed by atoms with Crippen molar-refractivity contribution in [1.29, 1.82) is 0 Å². The maximum absolute atomic E-state index is 13.2. The van der Waals surface area contributed by atoms with Gasteiger partial charge in [-0.1, -0.05) is 38.8 Å². The van der Waals surface area contributed by atoms with E-state index in [9.17, 15) is 19.5 Å². The van der Waals surface area contributed by atoms with Gasteiger partial charge in [-0.15, -0.1) is 11.3 Å². The minimum absolute atomic E-state index is 0.0280. The predicted octanol–water partition coefficient (Wildman–Crippen LogP) is 5.98. The van der Waals surface area contributed by atoms with Gasteiger partial charge in [-0.2, -0.15) is 0 Å². The Kier molecular flexibility index (Phi) is 21.2. The number of aromatic nitrogens is 4. The zero-order valence-electron chi connectivity index (χ0n) is 42.2. The number of ketones is 1. The van der Waals surface area contributed by atoms with E-state index in [0.717, 1.165) is 72.1 Å². The summed E-state index contributed by atoms with van der Waals surface area (Å²) in [5, 5.41) is 23.1. The molecule has 2 unspecified atom stereocenters. The summed E-state index contributed by atoms with van der Waals surface area (Å²) >= 11 is 1.42. The fraction of sp³-hybridized carbons (Fsp3) is 0.558. The van der Waals surface area contributed by atoms with Crippen LogP contribution in [0, 0.1) is 25.7 Å². The number of hydrogen-bond acceptors (Lipinski definition) is 18. The van der Waals surface area contributed by atoms with Crippen LogP contribution in [0.2, 0.25) is 0 Å². The third kappa shape index (κ3) is 16.3. The summed E-state index contributed by atoms with van der Waals surface area (Å²) in [6, 6.07) is 11.0. The van der Waals surface area contributed by atoms with Gasteiger partial charge < -0.3 is 49.6 Å². The van der Waals surface area contributed by atoms with Gasteiger partial charge in [0.2, 0.25) is 11.9 Å². The molecule has 72 heavy (non-hydrogen) atoms. The average molecular weight is 1010 g/mol. The van der Waals surface area contributed by atoms with Gasteiger partial charge in [-0.25, -0.2) is 19.9 Å². The molecule has 1 saturated carbocycles. The molecule has 2 atom stereocenters. The highest BCUT2D eigenvalue weighted by atomic mass is 32.1. The standard InChI is InChI=1S/C52H72N10O9S/c1-35(2)49(65)42-31-39-32-55-51(59-48(39)47(42)38-9-5-6-10-38)58-44-14-13-40(33-54-44)62-19-17-61(18-20-62)34-46(64)53-16-22-68-24-26-70-28-30-71-29-27-69-25-23-67-21-15-45(63)57-43-12-8-7-11-41(43)50(66)60-52-56-36(3)37(4)72-52/h7-8,11-14,31-33,35,38,45,47,57,63H,5-6,9-10,15-30,34H2,1-4H3,(H,53,64)(H,56,60,66)(H,54,55,58,59). The molecule has 2 fully saturated rings. The first-order valence-corrected chi connectivity index (χ1v) is 26.1. The first-order valence-electron chi connectivity index (χ1n) is 25.3. The average Bonchev–Trinajstić information content (AvgIpc) is 4.12. The molecule has 0 radical (unpaired) electrons. The summed E-state index contributed by atoms with van der Waals surface area (Å²) < 4.78 is 27.9. The van der Waals surface area contributed by atoms with Gasteiger partial charge >= 0.3 is 0 Å². The van der Waals surface area contributed by atoms with Crippen molar-refractivity contribution in [2.45, 2.75) is 71.9 Å². The van der Waals surface area contributed by atoms with Gasteiger partial charge in [0.25, 0.3) is 5.91 Å². The molecular weight excluding hydrogens is 941 g/mol. The van der Waals surface area contributed by atoms with E-state index in [2.05, 4.69) is 46.0 Å². The van der Waals surface area contributed by atoms with Crippen LogP contribution in [0.4, 0.5) is 28.3 Å². The zero-order valence-corrected chi connectivity index (χ0v) is 43.0. The maximum Gasteiger partial charge on any atom is 0.259 e. The van der Waals surface area contributed by atoms with Crippen LogP contribution in [0.25, 0.3) is 6.08 Å². The Morgan fingerprint density at radius 1 is 0.806 bits per heavy atom. The molecule has 3 aromatic heterocycles. The molecule has 1 saturated heterocycles. The van der Waals surface area contributed by atoms with E-state index in [-0.39, 0.29) is 29.4 Å². The second-order valence-corrected chi connectivity index (χ2v) is 19.7. The highest BCUT2D eigenvalue weighted by molar-refractivity contribution is 7.15. The quantitative estimate of drug-likeness (QED) is 0.0299. The van der Waals surface area contributed by atoms with E-state index in [1.807, 2.05) is 58.3 Å². The van der Waals surface area contributed by atoms with Crippen LogP contribution in [-0.4, -0.2) is 159 Å². The number of carbonyl (C=O) groups is 3. The monoisotopic (exact) mass is 1010 g/mol. The van der Waals surface area contributed by atoms with Crippen LogP contribution in [0.3, 0.4) is 0 Å². The number of Topliss-reactive ketones (excluding diaryl/α,β-unsaturated/α-hetero) is 1. The summed E-state index contributed by atoms with van der Waals surface area (Å²) in [5.41, 5.74) is 5.60. The maximum atomic E-state index is 13.2. The molecule has 1 aliphatic heterocycles. The number of para-hydroxylation sites is 1. The summed E-state index contributed by atoms with van der Waals surface area (Å²) in [4.78, 5) is 62.7. The van der Waals surface area contributed by atoms with Crippen molar-refractivity contribution in [2.24, 2.45) is 11.8 Å². The summed E-state index contributed by atoms with van der Waals surface area (Å²) in [6.45, 7) is 15.7. The molecule has 4 heterocycles. The van der Waals surface area contributed by atoms with Gasteiger partial charge in [-0.05, 0) is 62.9 Å². The van der Waals surface area contributed by atoms with Crippen LogP contribution in [0.1, 0.15) is 84.1 Å². The number of pyridine rings is 1. The van der Waals surface area contributed by atoms with Gasteiger partial charge in [0, 0.05) is 78.9 Å². The van der Waals surface area contributed by atoms with Crippen molar-refractivity contribution in [3.63, 3.8) is 0 Å². The normalized spacial score (nSPS) is 16.4. The Hall–Kier alpha value is -5.45. The van der Waals surface area contributed by atoms with E-state index in [1.165, 1.54) is 24.2 Å². The van der Waals surface area contributed by atoms with Crippen LogP contribution in [0.5, 0.6) is 0 Å². The van der Waals surface area contributed by atoms with Gasteiger partial charge in [0.05, 0.1) is 101 Å². The third-order valence-corrected chi connectivity index (χ3v) is 13.9. The molecule has 5 N–H and O–H groups in total. The highest BCUT2D eigenvalue weighted by Crippen LogP contribution is 2.47. The smallest absolute Gasteiger partial charge is 0.259 e. The molecular formula is C52H72N10O9S. The number of ether oxygens (including phenoxy) is 5. The second kappa shape index (κ2) is 28.1. The number of rotatable bonds is 30. The number of aryl methyl sites for hydroxylation is 2. The van der Waals surface area contributed by atoms with Crippen molar-refractivity contribution >= 4 is 63.3 Å². The van der Waals surface area contributed by atoms with E-state index in [4.69, 9.17) is 28.7 Å². The Balaban J connectivity index is 0.649. The molecule has 7 rings (SSSR count). The summed E-state index contributed by atoms with van der Waals surface area (Å²) in [6.07, 6.45) is 9.73. The lowest BCUT2D eigenvalue weighted by molar-refractivity contribution is -0.122.